The molecule has 1 saturated heterocycles. The smallest absolute Gasteiger partial charge is 0.123 e. The van der Waals surface area contributed by atoms with Gasteiger partial charge in [0.1, 0.15) is 11.5 Å². The maximum atomic E-state index is 5.56. The average molecular weight is 395 g/mol. The molecule has 2 fully saturated rings. The van der Waals surface area contributed by atoms with E-state index in [1.807, 2.05) is 12.1 Å². The maximum Gasteiger partial charge on any atom is 0.123 e. The second-order valence-corrected chi connectivity index (χ2v) is 8.41. The topological polar surface area (TPSA) is 24.9 Å². The lowest BCUT2D eigenvalue weighted by Gasteiger charge is -2.42. The van der Waals surface area contributed by atoms with E-state index >= 15 is 0 Å². The molecule has 0 unspecified atom stereocenters. The van der Waals surface area contributed by atoms with Crippen molar-refractivity contribution in [2.24, 2.45) is 0 Å². The molecule has 0 N–H and O–H groups in total. The monoisotopic (exact) mass is 394 g/mol. The van der Waals surface area contributed by atoms with Crippen molar-refractivity contribution in [2.75, 3.05) is 40.4 Å². The molecule has 0 atom stereocenters. The van der Waals surface area contributed by atoms with Gasteiger partial charge < -0.3 is 9.47 Å². The van der Waals surface area contributed by atoms with Crippen LogP contribution in [-0.4, -0.2) is 56.2 Å². The van der Waals surface area contributed by atoms with Crippen molar-refractivity contribution in [3.63, 3.8) is 0 Å². The average Bonchev–Trinajstić information content (AvgIpc) is 2.80. The van der Waals surface area contributed by atoms with Gasteiger partial charge in [0.2, 0.25) is 0 Å². The number of nitrogens with zero attached hydrogens (tertiary/aromatic N) is 2. The number of rotatable bonds is 6. The fourth-order valence-electron chi connectivity index (χ4n) is 5.03. The highest BCUT2D eigenvalue weighted by atomic mass is 16.5. The van der Waals surface area contributed by atoms with Gasteiger partial charge in [-0.3, -0.25) is 9.80 Å². The Bertz CT molecular complexity index is 764. The van der Waals surface area contributed by atoms with Crippen LogP contribution >= 0.6 is 0 Å². The van der Waals surface area contributed by atoms with Gasteiger partial charge in [-0.05, 0) is 55.4 Å². The molecule has 0 aromatic heterocycles. The van der Waals surface area contributed by atoms with Gasteiger partial charge >= 0.3 is 0 Å². The first kappa shape index (κ1) is 20.2. The predicted molar refractivity (Wildman–Crippen MR) is 118 cm³/mol. The predicted octanol–water partition coefficient (Wildman–Crippen LogP) is 4.55. The zero-order valence-electron chi connectivity index (χ0n) is 17.8. The van der Waals surface area contributed by atoms with E-state index in [9.17, 15) is 0 Å². The fraction of sp³-hybridized carbons (Fsp3) is 0.520. The van der Waals surface area contributed by atoms with Gasteiger partial charge in [0.05, 0.1) is 14.2 Å². The normalized spacial score (nSPS) is 23.7. The molecule has 4 nitrogen and oxygen atoms in total. The highest BCUT2D eigenvalue weighted by Crippen LogP contribution is 2.35. The van der Waals surface area contributed by atoms with Gasteiger partial charge in [-0.25, -0.2) is 0 Å². The van der Waals surface area contributed by atoms with Gasteiger partial charge in [-0.2, -0.15) is 0 Å². The van der Waals surface area contributed by atoms with Crippen LogP contribution in [0.5, 0.6) is 11.5 Å². The molecular weight excluding hydrogens is 360 g/mol. The molecule has 1 aliphatic heterocycles. The van der Waals surface area contributed by atoms with Gasteiger partial charge in [0, 0.05) is 44.3 Å². The quantitative estimate of drug-likeness (QED) is 0.718. The van der Waals surface area contributed by atoms with Crippen LogP contribution in [0.15, 0.2) is 48.5 Å². The number of hydrogen-bond acceptors (Lipinski definition) is 4. The van der Waals surface area contributed by atoms with Gasteiger partial charge in [0.25, 0.3) is 0 Å². The third-order valence-electron chi connectivity index (χ3n) is 6.77. The molecular formula is C25H34N2O2. The lowest BCUT2D eigenvalue weighted by molar-refractivity contribution is 0.0723. The molecule has 2 aliphatic rings. The first-order chi connectivity index (χ1) is 14.3. The van der Waals surface area contributed by atoms with Crippen LogP contribution < -0.4 is 9.47 Å². The Kier molecular flexibility index (Phi) is 6.73. The van der Waals surface area contributed by atoms with Crippen LogP contribution in [0.3, 0.4) is 0 Å². The summed E-state index contributed by atoms with van der Waals surface area (Å²) in [6.07, 6.45) is 5.33. The molecule has 0 spiro atoms. The second-order valence-electron chi connectivity index (χ2n) is 8.41. The van der Waals surface area contributed by atoms with E-state index in [0.29, 0.717) is 0 Å². The molecule has 2 aromatic carbocycles. The van der Waals surface area contributed by atoms with E-state index < -0.39 is 0 Å². The van der Waals surface area contributed by atoms with E-state index in [2.05, 4.69) is 46.2 Å². The lowest BCUT2D eigenvalue weighted by Crippen LogP contribution is -2.50. The van der Waals surface area contributed by atoms with E-state index in [-0.39, 0.29) is 0 Å². The van der Waals surface area contributed by atoms with Gasteiger partial charge in [-0.15, -0.1) is 0 Å². The summed E-state index contributed by atoms with van der Waals surface area (Å²) in [7, 11) is 3.46. The van der Waals surface area contributed by atoms with Crippen molar-refractivity contribution in [2.45, 2.75) is 44.2 Å². The number of ether oxygens (including phenoxy) is 2. The lowest BCUT2D eigenvalue weighted by atomic mass is 9.81. The van der Waals surface area contributed by atoms with E-state index in [1.165, 1.54) is 49.9 Å². The van der Waals surface area contributed by atoms with Crippen molar-refractivity contribution in [1.82, 2.24) is 9.80 Å². The van der Waals surface area contributed by atoms with E-state index in [4.69, 9.17) is 9.47 Å². The Morgan fingerprint density at radius 1 is 0.828 bits per heavy atom. The highest BCUT2D eigenvalue weighted by Gasteiger charge is 2.29. The number of methoxy groups -OCH3 is 2. The Hall–Kier alpha value is -2.04. The summed E-state index contributed by atoms with van der Waals surface area (Å²) in [5.74, 6) is 2.61. The van der Waals surface area contributed by atoms with Crippen LogP contribution in [0, 0.1) is 0 Å². The van der Waals surface area contributed by atoms with Crippen LogP contribution in [0.1, 0.15) is 42.7 Å². The maximum absolute atomic E-state index is 5.56. The van der Waals surface area contributed by atoms with Gasteiger partial charge in [0.15, 0.2) is 0 Å². The summed E-state index contributed by atoms with van der Waals surface area (Å²) >= 11 is 0. The molecule has 156 valence electrons. The Morgan fingerprint density at radius 2 is 1.55 bits per heavy atom. The number of hydrogen-bond donors (Lipinski definition) is 0. The molecule has 2 aromatic rings. The third-order valence-corrected chi connectivity index (χ3v) is 6.77. The summed E-state index contributed by atoms with van der Waals surface area (Å²) in [6, 6.07) is 17.9. The summed E-state index contributed by atoms with van der Waals surface area (Å²) in [4.78, 5) is 5.28. The molecule has 1 aliphatic carbocycles. The van der Waals surface area contributed by atoms with Crippen molar-refractivity contribution >= 4 is 0 Å². The highest BCUT2D eigenvalue weighted by molar-refractivity contribution is 5.40. The van der Waals surface area contributed by atoms with Crippen LogP contribution in [0.2, 0.25) is 0 Å². The van der Waals surface area contributed by atoms with Gasteiger partial charge in [-0.1, -0.05) is 30.3 Å². The minimum Gasteiger partial charge on any atom is -0.497 e. The largest absolute Gasteiger partial charge is 0.497 e. The Labute approximate surface area is 175 Å². The van der Waals surface area contributed by atoms with Crippen molar-refractivity contribution < 1.29 is 9.47 Å². The molecule has 1 heterocycles. The summed E-state index contributed by atoms with van der Waals surface area (Å²) in [6.45, 7) is 5.52. The Morgan fingerprint density at radius 3 is 2.21 bits per heavy atom. The van der Waals surface area contributed by atoms with Crippen LogP contribution in [0.4, 0.5) is 0 Å². The number of piperazine rings is 1. The minimum absolute atomic E-state index is 0.759. The SMILES string of the molecule is COc1ccc(OC)c(CN2CCN(C3CCC(c4ccccc4)CC3)CC2)c1. The molecule has 0 bridgehead atoms. The molecule has 4 rings (SSSR count). The second kappa shape index (κ2) is 9.64. The zero-order chi connectivity index (χ0) is 20.1. The molecule has 4 heteroatoms. The summed E-state index contributed by atoms with van der Waals surface area (Å²) in [5, 5.41) is 0. The van der Waals surface area contributed by atoms with Crippen LogP contribution in [-0.2, 0) is 6.54 Å². The first-order valence-electron chi connectivity index (χ1n) is 11.0. The minimum atomic E-state index is 0.759. The first-order valence-corrected chi connectivity index (χ1v) is 11.0. The van der Waals surface area contributed by atoms with Crippen LogP contribution in [0.25, 0.3) is 0 Å². The fourth-order valence-corrected chi connectivity index (χ4v) is 5.03. The summed E-state index contributed by atoms with van der Waals surface area (Å²) in [5.41, 5.74) is 2.74. The van der Waals surface area contributed by atoms with E-state index in [0.717, 1.165) is 43.1 Å². The third kappa shape index (κ3) is 4.93. The number of benzene rings is 2. The molecule has 0 amide bonds. The molecule has 1 saturated carbocycles. The van der Waals surface area contributed by atoms with E-state index in [1.54, 1.807) is 14.2 Å². The van der Waals surface area contributed by atoms with Crippen molar-refractivity contribution in [3.05, 3.63) is 59.7 Å². The van der Waals surface area contributed by atoms with Crippen molar-refractivity contribution in [3.8, 4) is 11.5 Å². The van der Waals surface area contributed by atoms with Crippen molar-refractivity contribution in [1.29, 1.82) is 0 Å². The zero-order valence-corrected chi connectivity index (χ0v) is 17.8. The Balaban J connectivity index is 1.27. The molecule has 29 heavy (non-hydrogen) atoms. The summed E-state index contributed by atoms with van der Waals surface area (Å²) < 4.78 is 11.0. The molecule has 0 radical (unpaired) electrons. The standard InChI is InChI=1S/C25H34N2O2/c1-28-24-12-13-25(29-2)22(18-24)19-26-14-16-27(17-15-26)23-10-8-21(9-11-23)20-6-4-3-5-7-20/h3-7,12-13,18,21,23H,8-11,14-17,19H2,1-2H3.